The lowest BCUT2D eigenvalue weighted by atomic mass is 9.62. The first kappa shape index (κ1) is 25.8. The zero-order chi connectivity index (χ0) is 26.1. The van der Waals surface area contributed by atoms with Gasteiger partial charge in [-0.05, 0) is 51.2 Å². The van der Waals surface area contributed by atoms with E-state index in [1.807, 2.05) is 13.8 Å². The summed E-state index contributed by atoms with van der Waals surface area (Å²) in [5, 5.41) is 34.0. The topological polar surface area (TPSA) is 130 Å². The molecule has 7 atom stereocenters. The molecule has 35 heavy (non-hydrogen) atoms. The van der Waals surface area contributed by atoms with Crippen LogP contribution in [-0.2, 0) is 23.9 Å². The summed E-state index contributed by atoms with van der Waals surface area (Å²) in [6.45, 7) is 9.60. The lowest BCUT2D eigenvalue weighted by Crippen LogP contribution is -2.64. The first-order valence-electron chi connectivity index (χ1n) is 12.2. The average Bonchev–Trinajstić information content (AvgIpc) is 3.16. The molecular weight excluding hydrogens is 452 g/mol. The Morgan fingerprint density at radius 3 is 2.46 bits per heavy atom. The van der Waals surface area contributed by atoms with E-state index in [2.05, 4.69) is 0 Å². The summed E-state index contributed by atoms with van der Waals surface area (Å²) in [7, 11) is 0. The molecule has 0 aromatic heterocycles. The second kappa shape index (κ2) is 8.11. The van der Waals surface area contributed by atoms with Crippen LogP contribution < -0.4 is 0 Å². The maximum atomic E-state index is 14.4. The Morgan fingerprint density at radius 1 is 1.23 bits per heavy atom. The Labute approximate surface area is 205 Å². The Balaban J connectivity index is 1.88. The van der Waals surface area contributed by atoms with Gasteiger partial charge in [-0.15, -0.1) is 0 Å². The lowest BCUT2D eigenvalue weighted by molar-refractivity contribution is -0.196. The summed E-state index contributed by atoms with van der Waals surface area (Å²) in [6.07, 6.45) is 2.93. The number of hydrogen-bond donors (Lipinski definition) is 3. The van der Waals surface area contributed by atoms with Crippen LogP contribution in [-0.4, -0.2) is 63.1 Å². The highest BCUT2D eigenvalue weighted by atomic mass is 16.6. The third-order valence-electron chi connectivity index (χ3n) is 9.16. The van der Waals surface area contributed by atoms with Crippen molar-refractivity contribution in [1.29, 1.82) is 0 Å². The summed E-state index contributed by atoms with van der Waals surface area (Å²) in [4.78, 5) is 39.1. The molecule has 8 heteroatoms. The fourth-order valence-electron chi connectivity index (χ4n) is 7.28. The molecule has 1 spiro atoms. The lowest BCUT2D eigenvalue weighted by Gasteiger charge is -2.46. The first-order valence-corrected chi connectivity index (χ1v) is 12.2. The number of fused-ring (bicyclic) bond motifs is 3. The monoisotopic (exact) mass is 488 g/mol. The highest BCUT2D eigenvalue weighted by molar-refractivity contribution is 5.95. The van der Waals surface area contributed by atoms with E-state index >= 15 is 0 Å². The first-order chi connectivity index (χ1) is 16.2. The van der Waals surface area contributed by atoms with E-state index in [-0.39, 0.29) is 23.7 Å². The number of esters is 2. The maximum Gasteiger partial charge on any atom is 0.334 e. The van der Waals surface area contributed by atoms with Gasteiger partial charge >= 0.3 is 11.9 Å². The fraction of sp³-hybridized carbons (Fsp3) is 0.667. The van der Waals surface area contributed by atoms with Gasteiger partial charge in [0.2, 0.25) is 0 Å². The molecule has 0 radical (unpaired) electrons. The number of aliphatic hydroxyl groups excluding tert-OH is 2. The predicted molar refractivity (Wildman–Crippen MR) is 126 cm³/mol. The Morgan fingerprint density at radius 2 is 1.89 bits per heavy atom. The summed E-state index contributed by atoms with van der Waals surface area (Å²) in [6, 6.07) is 0. The normalized spacial score (nSPS) is 41.9. The molecule has 2 saturated carbocycles. The molecule has 0 aromatic rings. The van der Waals surface area contributed by atoms with E-state index in [9.17, 15) is 29.7 Å². The van der Waals surface area contributed by atoms with Crippen LogP contribution in [0.3, 0.4) is 0 Å². The molecule has 2 bridgehead atoms. The van der Waals surface area contributed by atoms with Crippen LogP contribution in [0.25, 0.3) is 0 Å². The number of aliphatic hydroxyl groups is 3. The van der Waals surface area contributed by atoms with E-state index in [1.54, 1.807) is 32.9 Å². The summed E-state index contributed by atoms with van der Waals surface area (Å²) < 4.78 is 11.6. The molecule has 192 valence electrons. The summed E-state index contributed by atoms with van der Waals surface area (Å²) in [5.41, 5.74) is -4.22. The van der Waals surface area contributed by atoms with Crippen molar-refractivity contribution >= 4 is 17.7 Å². The second-order valence-corrected chi connectivity index (χ2v) is 11.2. The highest BCUT2D eigenvalue weighted by Gasteiger charge is 2.80. The number of allylic oxidation sites excluding steroid dienone is 2. The zero-order valence-electron chi connectivity index (χ0n) is 21.3. The minimum absolute atomic E-state index is 0.0842. The van der Waals surface area contributed by atoms with Gasteiger partial charge in [0.05, 0.1) is 12.0 Å². The number of carbonyl (C=O) groups is 3. The molecule has 0 heterocycles. The number of ether oxygens (including phenoxy) is 2. The molecule has 8 nitrogen and oxygen atoms in total. The maximum absolute atomic E-state index is 14.4. The van der Waals surface area contributed by atoms with Crippen LogP contribution in [0.15, 0.2) is 34.9 Å². The van der Waals surface area contributed by atoms with Gasteiger partial charge in [0.25, 0.3) is 0 Å². The molecule has 4 aliphatic rings. The fourth-order valence-corrected chi connectivity index (χ4v) is 7.28. The molecular formula is C27H36O8. The van der Waals surface area contributed by atoms with E-state index < -0.39 is 58.7 Å². The van der Waals surface area contributed by atoms with Gasteiger partial charge in [0, 0.05) is 29.7 Å². The number of rotatable bonds is 4. The third-order valence-corrected chi connectivity index (χ3v) is 9.16. The zero-order valence-corrected chi connectivity index (χ0v) is 21.3. The summed E-state index contributed by atoms with van der Waals surface area (Å²) >= 11 is 0. The predicted octanol–water partition coefficient (Wildman–Crippen LogP) is 2.16. The molecule has 0 aliphatic heterocycles. The van der Waals surface area contributed by atoms with Crippen LogP contribution in [0.1, 0.15) is 60.8 Å². The van der Waals surface area contributed by atoms with Crippen LogP contribution >= 0.6 is 0 Å². The highest BCUT2D eigenvalue weighted by Crippen LogP contribution is 2.72. The van der Waals surface area contributed by atoms with E-state index in [1.165, 1.54) is 13.0 Å². The Hall–Kier alpha value is -2.29. The molecule has 4 aliphatic carbocycles. The third kappa shape index (κ3) is 3.19. The molecule has 0 aromatic carbocycles. The van der Waals surface area contributed by atoms with Gasteiger partial charge < -0.3 is 24.8 Å². The molecule has 2 fully saturated rings. The summed E-state index contributed by atoms with van der Waals surface area (Å²) in [5.74, 6) is -2.61. The largest absolute Gasteiger partial charge is 0.458 e. The van der Waals surface area contributed by atoms with Gasteiger partial charge in [0.15, 0.2) is 17.5 Å². The van der Waals surface area contributed by atoms with Gasteiger partial charge in [-0.25, -0.2) is 4.79 Å². The van der Waals surface area contributed by atoms with Crippen molar-refractivity contribution in [3.63, 3.8) is 0 Å². The smallest absolute Gasteiger partial charge is 0.334 e. The van der Waals surface area contributed by atoms with E-state index in [4.69, 9.17) is 9.47 Å². The van der Waals surface area contributed by atoms with Crippen molar-refractivity contribution in [3.05, 3.63) is 34.9 Å². The van der Waals surface area contributed by atoms with Gasteiger partial charge in [-0.1, -0.05) is 32.1 Å². The van der Waals surface area contributed by atoms with E-state index in [0.29, 0.717) is 24.0 Å². The van der Waals surface area contributed by atoms with Crippen molar-refractivity contribution in [2.24, 2.45) is 22.7 Å². The number of ketones is 1. The van der Waals surface area contributed by atoms with Crippen molar-refractivity contribution in [2.45, 2.75) is 84.2 Å². The number of hydrogen-bond acceptors (Lipinski definition) is 8. The minimum atomic E-state index is -2.19. The van der Waals surface area contributed by atoms with Gasteiger partial charge in [-0.2, -0.15) is 0 Å². The van der Waals surface area contributed by atoms with Crippen LogP contribution in [0.4, 0.5) is 0 Å². The van der Waals surface area contributed by atoms with Crippen molar-refractivity contribution < 1.29 is 39.2 Å². The van der Waals surface area contributed by atoms with Crippen molar-refractivity contribution in [3.8, 4) is 0 Å². The van der Waals surface area contributed by atoms with E-state index in [0.717, 1.165) is 0 Å². The van der Waals surface area contributed by atoms with Crippen molar-refractivity contribution in [1.82, 2.24) is 0 Å². The molecule has 3 N–H and O–H groups in total. The Bertz CT molecular complexity index is 1070. The quantitative estimate of drug-likeness (QED) is 0.312. The Kier molecular flexibility index (Phi) is 5.98. The molecule has 0 saturated heterocycles. The molecule has 4 rings (SSSR count). The second-order valence-electron chi connectivity index (χ2n) is 11.2. The average molecular weight is 489 g/mol. The molecule has 0 amide bonds. The number of carbonyl (C=O) groups excluding carboxylic acids is 3. The minimum Gasteiger partial charge on any atom is -0.458 e. The van der Waals surface area contributed by atoms with Gasteiger partial charge in [0.1, 0.15) is 11.7 Å². The SMILES string of the molecule is C/C=C(/C)C(=O)O[C@H]1C(C)=C[C@@]23CCC[C@]4(OC(C)=O)[C@H]([C@H](C=C(CO)[C@@H](O)[C@]12O)C3=O)C4(C)C. The molecule has 0 unspecified atom stereocenters. The van der Waals surface area contributed by atoms with Crippen LogP contribution in [0, 0.1) is 22.7 Å². The van der Waals surface area contributed by atoms with Crippen molar-refractivity contribution in [2.75, 3.05) is 6.61 Å². The number of Topliss-reactive ketones (excluding diaryl/α,β-unsaturated/α-hetero) is 1. The standard InChI is InChI=1S/C27H36O8/c1-7-14(2)23(32)34-22-15(3)12-25-9-8-10-26(35-16(4)29)19(24(26,5)6)18(21(25)31)11-17(13-28)20(30)27(22,25)33/h7,11-12,18-20,22,28,30,33H,8-10,13H2,1-6H3/b14-7-/t18-,19+,20+,22-,25+,26-,27-/m0/s1. The van der Waals surface area contributed by atoms with Crippen LogP contribution in [0.2, 0.25) is 0 Å². The van der Waals surface area contributed by atoms with Gasteiger partial charge in [-0.3, -0.25) is 9.59 Å². The van der Waals surface area contributed by atoms with Crippen LogP contribution in [0.5, 0.6) is 0 Å².